The first-order valence-corrected chi connectivity index (χ1v) is 8.80. The van der Waals surface area contributed by atoms with Gasteiger partial charge in [-0.3, -0.25) is 4.79 Å². The van der Waals surface area contributed by atoms with Crippen LogP contribution in [0, 0.1) is 5.92 Å². The summed E-state index contributed by atoms with van der Waals surface area (Å²) in [4.78, 5) is 11.7. The van der Waals surface area contributed by atoms with Crippen LogP contribution in [0.25, 0.3) is 0 Å². The zero-order chi connectivity index (χ0) is 16.5. The fourth-order valence-corrected chi connectivity index (χ4v) is 3.02. The van der Waals surface area contributed by atoms with E-state index >= 15 is 0 Å². The van der Waals surface area contributed by atoms with Crippen LogP contribution >= 0.6 is 23.2 Å². The molecule has 0 atom stereocenters. The number of benzene rings is 1. The van der Waals surface area contributed by atoms with Gasteiger partial charge in [0.1, 0.15) is 5.75 Å². The molecule has 0 aromatic heterocycles. The van der Waals surface area contributed by atoms with Gasteiger partial charge >= 0.3 is 0 Å². The van der Waals surface area contributed by atoms with Crippen LogP contribution in [-0.2, 0) is 4.79 Å². The molecule has 0 bridgehead atoms. The summed E-state index contributed by atoms with van der Waals surface area (Å²) in [6.07, 6.45) is 9.03. The number of hydrazone groups is 1. The van der Waals surface area contributed by atoms with Crippen LogP contribution in [-0.4, -0.2) is 18.7 Å². The molecule has 23 heavy (non-hydrogen) atoms. The normalized spacial score (nSPS) is 15.7. The number of hydrogen-bond donors (Lipinski definition) is 1. The molecule has 1 aliphatic carbocycles. The number of nitrogens with one attached hydrogen (secondary N) is 1. The molecule has 1 fully saturated rings. The first kappa shape index (κ1) is 18.1. The van der Waals surface area contributed by atoms with Gasteiger partial charge in [-0.2, -0.15) is 5.10 Å². The minimum absolute atomic E-state index is 0.0946. The lowest BCUT2D eigenvalue weighted by Gasteiger charge is -2.16. The largest absolute Gasteiger partial charge is 0.492 e. The third-order valence-corrected chi connectivity index (χ3v) is 4.35. The van der Waals surface area contributed by atoms with Crippen molar-refractivity contribution in [1.29, 1.82) is 0 Å². The second-order valence-electron chi connectivity index (χ2n) is 5.74. The molecule has 1 amide bonds. The van der Waals surface area contributed by atoms with Gasteiger partial charge < -0.3 is 4.74 Å². The average Bonchev–Trinajstić information content (AvgIpc) is 2.54. The van der Waals surface area contributed by atoms with Crippen LogP contribution < -0.4 is 10.2 Å². The first-order chi connectivity index (χ1) is 11.1. The standard InChI is InChI=1S/C17H22Cl2N2O2/c18-14-8-9-16(15(19)11-14)23-10-4-7-17(22)21-20-12-13-5-2-1-3-6-13/h8-9,11-13H,1-7,10H2,(H,21,22)/b20-12-. The monoisotopic (exact) mass is 356 g/mol. The van der Waals surface area contributed by atoms with E-state index in [0.29, 0.717) is 41.2 Å². The van der Waals surface area contributed by atoms with E-state index in [1.54, 1.807) is 18.2 Å². The maximum atomic E-state index is 11.7. The average molecular weight is 357 g/mol. The number of amides is 1. The van der Waals surface area contributed by atoms with Crippen molar-refractivity contribution in [3.8, 4) is 5.75 Å². The Morgan fingerprint density at radius 3 is 2.83 bits per heavy atom. The minimum atomic E-state index is -0.0946. The topological polar surface area (TPSA) is 50.7 Å². The summed E-state index contributed by atoms with van der Waals surface area (Å²) >= 11 is 11.8. The van der Waals surface area contributed by atoms with E-state index in [-0.39, 0.29) is 5.91 Å². The predicted molar refractivity (Wildman–Crippen MR) is 94.4 cm³/mol. The van der Waals surface area contributed by atoms with Crippen molar-refractivity contribution in [1.82, 2.24) is 5.43 Å². The molecular formula is C17H22Cl2N2O2. The Kier molecular flexibility index (Phi) is 7.69. The third-order valence-electron chi connectivity index (χ3n) is 3.82. The molecule has 0 unspecified atom stereocenters. The molecule has 0 saturated heterocycles. The van der Waals surface area contributed by atoms with Gasteiger partial charge in [-0.25, -0.2) is 5.43 Å². The second-order valence-corrected chi connectivity index (χ2v) is 6.58. The highest BCUT2D eigenvalue weighted by Gasteiger charge is 2.10. The first-order valence-electron chi connectivity index (χ1n) is 8.05. The van der Waals surface area contributed by atoms with Gasteiger partial charge in [-0.15, -0.1) is 0 Å². The molecule has 1 aromatic rings. The number of halogens is 2. The minimum Gasteiger partial charge on any atom is -0.492 e. The molecule has 0 heterocycles. The molecule has 4 nitrogen and oxygen atoms in total. The number of nitrogens with zero attached hydrogens (tertiary/aromatic N) is 1. The van der Waals surface area contributed by atoms with Crippen molar-refractivity contribution < 1.29 is 9.53 Å². The summed E-state index contributed by atoms with van der Waals surface area (Å²) in [5.74, 6) is 0.995. The Labute approximate surface area is 147 Å². The Bertz CT molecular complexity index is 543. The molecule has 1 aromatic carbocycles. The number of carbonyl (C=O) groups is 1. The quantitative estimate of drug-likeness (QED) is 0.431. The number of hydrogen-bond acceptors (Lipinski definition) is 3. The van der Waals surface area contributed by atoms with Gasteiger partial charge in [-0.1, -0.05) is 42.5 Å². The summed E-state index contributed by atoms with van der Waals surface area (Å²) in [6.45, 7) is 0.418. The molecule has 1 N–H and O–H groups in total. The van der Waals surface area contributed by atoms with Crippen LogP contribution in [0.4, 0.5) is 0 Å². The molecule has 2 rings (SSSR count). The molecule has 0 spiro atoms. The highest BCUT2D eigenvalue weighted by Crippen LogP contribution is 2.27. The summed E-state index contributed by atoms with van der Waals surface area (Å²) in [7, 11) is 0. The lowest BCUT2D eigenvalue weighted by molar-refractivity contribution is -0.121. The van der Waals surface area contributed by atoms with Crippen molar-refractivity contribution in [3.05, 3.63) is 28.2 Å². The van der Waals surface area contributed by atoms with E-state index in [1.807, 2.05) is 6.21 Å². The smallest absolute Gasteiger partial charge is 0.240 e. The van der Waals surface area contributed by atoms with Gasteiger partial charge in [-0.05, 0) is 43.4 Å². The van der Waals surface area contributed by atoms with E-state index in [1.165, 1.54) is 32.1 Å². The maximum Gasteiger partial charge on any atom is 0.240 e. The number of rotatable bonds is 7. The van der Waals surface area contributed by atoms with Crippen molar-refractivity contribution in [2.75, 3.05) is 6.61 Å². The van der Waals surface area contributed by atoms with Crippen molar-refractivity contribution in [2.45, 2.75) is 44.9 Å². The predicted octanol–water partition coefficient (Wildman–Crippen LogP) is 4.83. The van der Waals surface area contributed by atoms with Gasteiger partial charge in [0.15, 0.2) is 0 Å². The van der Waals surface area contributed by atoms with Crippen molar-refractivity contribution >= 4 is 35.3 Å². The van der Waals surface area contributed by atoms with Gasteiger partial charge in [0.2, 0.25) is 5.91 Å². The fraction of sp³-hybridized carbons (Fsp3) is 0.529. The summed E-state index contributed by atoms with van der Waals surface area (Å²) in [6, 6.07) is 5.07. The molecule has 0 radical (unpaired) electrons. The van der Waals surface area contributed by atoms with E-state index in [0.717, 1.165) is 0 Å². The molecule has 1 saturated carbocycles. The van der Waals surface area contributed by atoms with E-state index in [2.05, 4.69) is 10.5 Å². The van der Waals surface area contributed by atoms with Crippen LogP contribution in [0.1, 0.15) is 44.9 Å². The highest BCUT2D eigenvalue weighted by atomic mass is 35.5. The summed E-state index contributed by atoms with van der Waals surface area (Å²) in [5.41, 5.74) is 2.58. The van der Waals surface area contributed by atoms with Crippen molar-refractivity contribution in [2.24, 2.45) is 11.0 Å². The molecule has 6 heteroatoms. The Balaban J connectivity index is 1.60. The fourth-order valence-electron chi connectivity index (χ4n) is 2.56. The van der Waals surface area contributed by atoms with Gasteiger partial charge in [0.05, 0.1) is 11.6 Å². The summed E-state index contributed by atoms with van der Waals surface area (Å²) in [5, 5.41) is 5.09. The molecule has 0 aliphatic heterocycles. The lowest BCUT2D eigenvalue weighted by Crippen LogP contribution is -2.19. The van der Waals surface area contributed by atoms with Crippen LogP contribution in [0.3, 0.4) is 0 Å². The molecule has 126 valence electrons. The van der Waals surface area contributed by atoms with E-state index in [9.17, 15) is 4.79 Å². The Morgan fingerprint density at radius 1 is 1.30 bits per heavy atom. The third kappa shape index (κ3) is 6.80. The second kappa shape index (κ2) is 9.78. The maximum absolute atomic E-state index is 11.7. The van der Waals surface area contributed by atoms with Crippen LogP contribution in [0.5, 0.6) is 5.75 Å². The zero-order valence-electron chi connectivity index (χ0n) is 13.1. The number of carbonyl (C=O) groups excluding carboxylic acids is 1. The van der Waals surface area contributed by atoms with Gasteiger partial charge in [0.25, 0.3) is 0 Å². The summed E-state index contributed by atoms with van der Waals surface area (Å²) < 4.78 is 5.53. The van der Waals surface area contributed by atoms with Crippen LogP contribution in [0.2, 0.25) is 10.0 Å². The van der Waals surface area contributed by atoms with E-state index < -0.39 is 0 Å². The Hall–Kier alpha value is -1.26. The molecular weight excluding hydrogens is 335 g/mol. The zero-order valence-corrected chi connectivity index (χ0v) is 14.6. The Morgan fingerprint density at radius 2 is 2.09 bits per heavy atom. The SMILES string of the molecule is O=C(CCCOc1ccc(Cl)cc1Cl)N/N=C\C1CCCCC1. The highest BCUT2D eigenvalue weighted by molar-refractivity contribution is 6.35. The van der Waals surface area contributed by atoms with Crippen molar-refractivity contribution in [3.63, 3.8) is 0 Å². The van der Waals surface area contributed by atoms with Gasteiger partial charge in [0, 0.05) is 17.7 Å². The number of ether oxygens (including phenoxy) is 1. The lowest BCUT2D eigenvalue weighted by atomic mass is 9.90. The van der Waals surface area contributed by atoms with E-state index in [4.69, 9.17) is 27.9 Å². The van der Waals surface area contributed by atoms with Crippen LogP contribution in [0.15, 0.2) is 23.3 Å². The molecule has 1 aliphatic rings.